The van der Waals surface area contributed by atoms with Crippen molar-refractivity contribution >= 4 is 11.3 Å². The maximum Gasteiger partial charge on any atom is 0.0216 e. The molecule has 0 amide bonds. The van der Waals surface area contributed by atoms with Crippen molar-refractivity contribution in [2.75, 3.05) is 0 Å². The van der Waals surface area contributed by atoms with Gasteiger partial charge in [0.15, 0.2) is 0 Å². The van der Waals surface area contributed by atoms with E-state index >= 15 is 0 Å². The topological polar surface area (TPSA) is 12.0 Å². The molecule has 1 aromatic rings. The minimum absolute atomic E-state index is 0.781. The maximum atomic E-state index is 3.66. The molecule has 0 spiro atoms. The van der Waals surface area contributed by atoms with Crippen molar-refractivity contribution in [2.45, 2.75) is 51.6 Å². The zero-order valence-electron chi connectivity index (χ0n) is 8.88. The molecule has 0 aliphatic heterocycles. The highest BCUT2D eigenvalue weighted by Crippen LogP contribution is 2.18. The standard InChI is InChI=1S/C12H19NS/c1-10-7-11(9-14-10)8-13-12-5-3-2-4-6-12/h7,9,12-13H,2-6,8H2,1H3. The monoisotopic (exact) mass is 209 g/mol. The summed E-state index contributed by atoms with van der Waals surface area (Å²) in [7, 11) is 0. The summed E-state index contributed by atoms with van der Waals surface area (Å²) in [6.07, 6.45) is 7.03. The maximum absolute atomic E-state index is 3.66. The third kappa shape index (κ3) is 2.82. The van der Waals surface area contributed by atoms with E-state index in [4.69, 9.17) is 0 Å². The van der Waals surface area contributed by atoms with Crippen LogP contribution in [0.15, 0.2) is 11.4 Å². The summed E-state index contributed by atoms with van der Waals surface area (Å²) in [5.41, 5.74) is 1.46. The summed E-state index contributed by atoms with van der Waals surface area (Å²) in [6.45, 7) is 3.24. The number of rotatable bonds is 3. The molecule has 0 aromatic carbocycles. The van der Waals surface area contributed by atoms with E-state index in [-0.39, 0.29) is 0 Å². The minimum atomic E-state index is 0.781. The number of hydrogen-bond donors (Lipinski definition) is 1. The van der Waals surface area contributed by atoms with E-state index in [9.17, 15) is 0 Å². The highest BCUT2D eigenvalue weighted by molar-refractivity contribution is 7.10. The first-order valence-corrected chi connectivity index (χ1v) is 6.50. The first-order chi connectivity index (χ1) is 6.84. The van der Waals surface area contributed by atoms with E-state index < -0.39 is 0 Å². The van der Waals surface area contributed by atoms with Crippen LogP contribution < -0.4 is 5.32 Å². The van der Waals surface area contributed by atoms with Crippen molar-refractivity contribution in [3.8, 4) is 0 Å². The molecule has 1 fully saturated rings. The second kappa shape index (κ2) is 4.94. The van der Waals surface area contributed by atoms with Crippen LogP contribution in [-0.4, -0.2) is 6.04 Å². The molecule has 1 aliphatic rings. The Morgan fingerprint density at radius 3 is 2.79 bits per heavy atom. The van der Waals surface area contributed by atoms with Crippen molar-refractivity contribution in [1.29, 1.82) is 0 Å². The van der Waals surface area contributed by atoms with E-state index in [0.717, 1.165) is 12.6 Å². The van der Waals surface area contributed by atoms with Gasteiger partial charge in [-0.05, 0) is 36.8 Å². The summed E-state index contributed by atoms with van der Waals surface area (Å²) in [4.78, 5) is 1.42. The molecule has 2 rings (SSSR count). The molecule has 0 bridgehead atoms. The van der Waals surface area contributed by atoms with Gasteiger partial charge in [-0.15, -0.1) is 11.3 Å². The van der Waals surface area contributed by atoms with Crippen molar-refractivity contribution in [3.05, 3.63) is 21.9 Å². The Morgan fingerprint density at radius 1 is 1.36 bits per heavy atom. The fraction of sp³-hybridized carbons (Fsp3) is 0.667. The van der Waals surface area contributed by atoms with Crippen molar-refractivity contribution in [2.24, 2.45) is 0 Å². The van der Waals surface area contributed by atoms with Crippen LogP contribution in [0.1, 0.15) is 42.5 Å². The summed E-state index contributed by atoms with van der Waals surface area (Å²) < 4.78 is 0. The van der Waals surface area contributed by atoms with Crippen LogP contribution in [0.3, 0.4) is 0 Å². The lowest BCUT2D eigenvalue weighted by molar-refractivity contribution is 0.372. The van der Waals surface area contributed by atoms with Gasteiger partial charge in [-0.2, -0.15) is 0 Å². The van der Waals surface area contributed by atoms with Crippen molar-refractivity contribution in [3.63, 3.8) is 0 Å². The third-order valence-corrected chi connectivity index (χ3v) is 3.90. The van der Waals surface area contributed by atoms with E-state index in [0.29, 0.717) is 0 Å². The van der Waals surface area contributed by atoms with Crippen LogP contribution in [0, 0.1) is 6.92 Å². The molecule has 1 saturated carbocycles. The molecule has 0 radical (unpaired) electrons. The molecule has 1 aliphatic carbocycles. The number of nitrogens with one attached hydrogen (secondary N) is 1. The lowest BCUT2D eigenvalue weighted by atomic mass is 9.95. The van der Waals surface area contributed by atoms with E-state index in [1.54, 1.807) is 0 Å². The predicted molar refractivity (Wildman–Crippen MR) is 62.8 cm³/mol. The fourth-order valence-corrected chi connectivity index (χ4v) is 2.87. The Balaban J connectivity index is 1.76. The molecule has 1 N–H and O–H groups in total. The quantitative estimate of drug-likeness (QED) is 0.803. The van der Waals surface area contributed by atoms with Gasteiger partial charge in [-0.3, -0.25) is 0 Å². The molecule has 1 nitrogen and oxygen atoms in total. The average Bonchev–Trinajstić information content (AvgIpc) is 2.63. The molecule has 2 heteroatoms. The largest absolute Gasteiger partial charge is 0.310 e. The molecule has 78 valence electrons. The van der Waals surface area contributed by atoms with Crippen LogP contribution in [0.2, 0.25) is 0 Å². The SMILES string of the molecule is Cc1cc(CNC2CCCCC2)cs1. The lowest BCUT2D eigenvalue weighted by Crippen LogP contribution is -2.30. The van der Waals surface area contributed by atoms with Crippen LogP contribution >= 0.6 is 11.3 Å². The van der Waals surface area contributed by atoms with Crippen LogP contribution in [0.4, 0.5) is 0 Å². The van der Waals surface area contributed by atoms with E-state index in [1.807, 2.05) is 11.3 Å². The molecule has 14 heavy (non-hydrogen) atoms. The van der Waals surface area contributed by atoms with Gasteiger partial charge < -0.3 is 5.32 Å². The number of aryl methyl sites for hydroxylation is 1. The van der Waals surface area contributed by atoms with Gasteiger partial charge in [-0.25, -0.2) is 0 Å². The Labute approximate surface area is 90.5 Å². The molecule has 1 heterocycles. The van der Waals surface area contributed by atoms with Gasteiger partial charge in [0.05, 0.1) is 0 Å². The van der Waals surface area contributed by atoms with Crippen molar-refractivity contribution in [1.82, 2.24) is 5.32 Å². The smallest absolute Gasteiger partial charge is 0.0216 e. The average molecular weight is 209 g/mol. The second-order valence-corrected chi connectivity index (χ2v) is 5.40. The number of thiophene rings is 1. The van der Waals surface area contributed by atoms with E-state index in [2.05, 4.69) is 23.7 Å². The summed E-state index contributed by atoms with van der Waals surface area (Å²) in [6, 6.07) is 3.07. The minimum Gasteiger partial charge on any atom is -0.310 e. The zero-order valence-corrected chi connectivity index (χ0v) is 9.70. The van der Waals surface area contributed by atoms with Crippen LogP contribution in [0.25, 0.3) is 0 Å². The van der Waals surface area contributed by atoms with Crippen molar-refractivity contribution < 1.29 is 0 Å². The Hall–Kier alpha value is -0.340. The van der Waals surface area contributed by atoms with Gasteiger partial charge >= 0.3 is 0 Å². The highest BCUT2D eigenvalue weighted by Gasteiger charge is 2.12. The Bertz CT molecular complexity index is 274. The molecule has 1 aromatic heterocycles. The number of hydrogen-bond acceptors (Lipinski definition) is 2. The molecule has 0 saturated heterocycles. The molecular weight excluding hydrogens is 190 g/mol. The van der Waals surface area contributed by atoms with Crippen LogP contribution in [0.5, 0.6) is 0 Å². The van der Waals surface area contributed by atoms with E-state index in [1.165, 1.54) is 42.5 Å². The third-order valence-electron chi connectivity index (χ3n) is 2.98. The normalized spacial score (nSPS) is 18.6. The Morgan fingerprint density at radius 2 is 2.14 bits per heavy atom. The zero-order chi connectivity index (χ0) is 9.80. The van der Waals surface area contributed by atoms with Gasteiger partial charge in [0.25, 0.3) is 0 Å². The van der Waals surface area contributed by atoms with Gasteiger partial charge in [0, 0.05) is 17.5 Å². The van der Waals surface area contributed by atoms with Gasteiger partial charge in [0.1, 0.15) is 0 Å². The first-order valence-electron chi connectivity index (χ1n) is 5.62. The summed E-state index contributed by atoms with van der Waals surface area (Å²) in [5, 5.41) is 5.93. The summed E-state index contributed by atoms with van der Waals surface area (Å²) in [5.74, 6) is 0. The molecule has 0 atom stereocenters. The molecular formula is C12H19NS. The predicted octanol–water partition coefficient (Wildman–Crippen LogP) is 3.48. The second-order valence-electron chi connectivity index (χ2n) is 4.28. The van der Waals surface area contributed by atoms with Gasteiger partial charge in [-0.1, -0.05) is 19.3 Å². The highest BCUT2D eigenvalue weighted by atomic mass is 32.1. The fourth-order valence-electron chi connectivity index (χ4n) is 2.16. The first kappa shape index (κ1) is 10.2. The van der Waals surface area contributed by atoms with Crippen LogP contribution in [-0.2, 0) is 6.54 Å². The summed E-state index contributed by atoms with van der Waals surface area (Å²) >= 11 is 1.85. The van der Waals surface area contributed by atoms with Gasteiger partial charge in [0.2, 0.25) is 0 Å². The lowest BCUT2D eigenvalue weighted by Gasteiger charge is -2.22. The molecule has 0 unspecified atom stereocenters. The Kier molecular flexibility index (Phi) is 3.60.